The summed E-state index contributed by atoms with van der Waals surface area (Å²) < 4.78 is 0. The van der Waals surface area contributed by atoms with E-state index < -0.39 is 11.8 Å². The summed E-state index contributed by atoms with van der Waals surface area (Å²) in [5, 5.41) is 1.09. The lowest BCUT2D eigenvalue weighted by molar-refractivity contribution is 0.378. The van der Waals surface area contributed by atoms with Gasteiger partial charge in [-0.3, -0.25) is 9.98 Å². The molecule has 5 nitrogen and oxygen atoms in total. The molecule has 1 aliphatic rings. The average molecular weight is 227 g/mol. The third-order valence-electron chi connectivity index (χ3n) is 3.07. The molecule has 1 aromatic carbocycles. The molecule has 0 radical (unpaired) electrons. The molecular weight excluding hydrogens is 214 g/mol. The maximum absolute atomic E-state index is 6.24. The van der Waals surface area contributed by atoms with Crippen molar-refractivity contribution in [3.05, 3.63) is 36.0 Å². The van der Waals surface area contributed by atoms with Gasteiger partial charge in [0.15, 0.2) is 5.66 Å². The maximum Gasteiger partial charge on any atom is 0.169 e. The lowest BCUT2D eigenvalue weighted by atomic mass is 9.96. The van der Waals surface area contributed by atoms with E-state index in [4.69, 9.17) is 11.5 Å². The summed E-state index contributed by atoms with van der Waals surface area (Å²) in [4.78, 5) is 11.5. The number of hydrogen-bond acceptors (Lipinski definition) is 4. The normalized spacial score (nSPS) is 27.8. The van der Waals surface area contributed by atoms with Crippen LogP contribution in [0.15, 0.2) is 40.4 Å². The van der Waals surface area contributed by atoms with Gasteiger partial charge in [-0.25, -0.2) is 0 Å². The van der Waals surface area contributed by atoms with Gasteiger partial charge in [-0.05, 0) is 29.1 Å². The van der Waals surface area contributed by atoms with Gasteiger partial charge in [0.25, 0.3) is 0 Å². The zero-order valence-corrected chi connectivity index (χ0v) is 9.17. The summed E-state index contributed by atoms with van der Waals surface area (Å²) in [6, 6.07) is 7.88. The smallest absolute Gasteiger partial charge is 0.169 e. The van der Waals surface area contributed by atoms with Gasteiger partial charge >= 0.3 is 0 Å². The largest absolute Gasteiger partial charge is 0.361 e. The number of hydrogen-bond donors (Lipinski definition) is 3. The second-order valence-corrected chi connectivity index (χ2v) is 4.13. The summed E-state index contributed by atoms with van der Waals surface area (Å²) in [7, 11) is 0. The number of aliphatic imine (C=N–C) groups is 2. The first-order valence-electron chi connectivity index (χ1n) is 5.39. The van der Waals surface area contributed by atoms with Crippen LogP contribution in [0.25, 0.3) is 10.9 Å². The Morgan fingerprint density at radius 1 is 1.24 bits per heavy atom. The molecule has 2 aromatic rings. The van der Waals surface area contributed by atoms with E-state index in [0.29, 0.717) is 0 Å². The molecule has 1 aliphatic heterocycles. The van der Waals surface area contributed by atoms with Gasteiger partial charge < -0.3 is 16.5 Å². The number of fused-ring (bicyclic) bond motifs is 1. The van der Waals surface area contributed by atoms with Crippen LogP contribution < -0.4 is 11.5 Å². The van der Waals surface area contributed by atoms with E-state index in [1.54, 1.807) is 12.4 Å². The summed E-state index contributed by atoms with van der Waals surface area (Å²) in [6.45, 7) is 0. The minimum absolute atomic E-state index is 0.552. The summed E-state index contributed by atoms with van der Waals surface area (Å²) in [5.74, 6) is 0. The number of aromatic amines is 1. The number of nitrogens with two attached hydrogens (primary N) is 2. The number of rotatable bonds is 1. The van der Waals surface area contributed by atoms with Crippen LogP contribution in [0.1, 0.15) is 5.56 Å². The Bertz CT molecular complexity index is 612. The van der Waals surface area contributed by atoms with E-state index in [9.17, 15) is 0 Å². The van der Waals surface area contributed by atoms with Crippen molar-refractivity contribution >= 4 is 23.3 Å². The fourth-order valence-corrected chi connectivity index (χ4v) is 2.03. The molecule has 0 fully saturated rings. The van der Waals surface area contributed by atoms with Crippen molar-refractivity contribution in [3.8, 4) is 0 Å². The Labute approximate surface area is 98.2 Å². The molecule has 3 rings (SSSR count). The Balaban J connectivity index is 2.13. The molecule has 0 amide bonds. The summed E-state index contributed by atoms with van der Waals surface area (Å²) >= 11 is 0. The molecule has 0 saturated carbocycles. The molecule has 17 heavy (non-hydrogen) atoms. The van der Waals surface area contributed by atoms with Gasteiger partial charge in [0.1, 0.15) is 6.17 Å². The van der Waals surface area contributed by atoms with Crippen LogP contribution in [-0.2, 0) is 5.66 Å². The van der Waals surface area contributed by atoms with Crippen molar-refractivity contribution in [2.45, 2.75) is 11.8 Å². The van der Waals surface area contributed by atoms with Gasteiger partial charge in [-0.15, -0.1) is 0 Å². The minimum Gasteiger partial charge on any atom is -0.361 e. The van der Waals surface area contributed by atoms with Crippen LogP contribution in [0.5, 0.6) is 0 Å². The Morgan fingerprint density at radius 2 is 2.12 bits per heavy atom. The highest BCUT2D eigenvalue weighted by molar-refractivity contribution is 6.16. The molecular formula is C12H13N5. The van der Waals surface area contributed by atoms with E-state index >= 15 is 0 Å². The molecule has 5 heteroatoms. The van der Waals surface area contributed by atoms with E-state index in [1.807, 2.05) is 30.5 Å². The molecule has 0 aliphatic carbocycles. The van der Waals surface area contributed by atoms with Crippen LogP contribution in [0.2, 0.25) is 0 Å². The van der Waals surface area contributed by atoms with E-state index in [2.05, 4.69) is 15.0 Å². The zero-order chi connectivity index (χ0) is 11.9. The number of aromatic nitrogens is 1. The molecule has 2 atom stereocenters. The maximum atomic E-state index is 6.24. The number of benzene rings is 1. The number of nitrogens with one attached hydrogen (secondary N) is 1. The van der Waals surface area contributed by atoms with Gasteiger partial charge in [-0.1, -0.05) is 6.07 Å². The van der Waals surface area contributed by atoms with Crippen molar-refractivity contribution in [1.29, 1.82) is 0 Å². The van der Waals surface area contributed by atoms with E-state index in [-0.39, 0.29) is 0 Å². The van der Waals surface area contributed by atoms with E-state index in [0.717, 1.165) is 16.5 Å². The molecule has 0 spiro atoms. The Kier molecular flexibility index (Phi) is 2.10. The molecule has 86 valence electrons. The van der Waals surface area contributed by atoms with Gasteiger partial charge in [0, 0.05) is 24.1 Å². The molecule has 2 heterocycles. The first kappa shape index (κ1) is 10.2. The highest BCUT2D eigenvalue weighted by Crippen LogP contribution is 2.27. The second kappa shape index (κ2) is 3.51. The minimum atomic E-state index is -0.972. The highest BCUT2D eigenvalue weighted by Gasteiger charge is 2.34. The van der Waals surface area contributed by atoms with Gasteiger partial charge in [0.05, 0.1) is 0 Å². The molecule has 1 aromatic heterocycles. The van der Waals surface area contributed by atoms with Crippen LogP contribution >= 0.6 is 0 Å². The number of nitrogens with zero attached hydrogens (tertiary/aromatic N) is 2. The van der Waals surface area contributed by atoms with Crippen LogP contribution in [0.4, 0.5) is 0 Å². The lowest BCUT2D eigenvalue weighted by Crippen LogP contribution is -2.51. The van der Waals surface area contributed by atoms with Crippen LogP contribution in [-0.4, -0.2) is 23.6 Å². The molecule has 0 saturated heterocycles. The third kappa shape index (κ3) is 1.48. The van der Waals surface area contributed by atoms with Crippen molar-refractivity contribution in [1.82, 2.24) is 4.98 Å². The Hall–Kier alpha value is -1.98. The lowest BCUT2D eigenvalue weighted by Gasteiger charge is -2.30. The van der Waals surface area contributed by atoms with Crippen molar-refractivity contribution in [3.63, 3.8) is 0 Å². The van der Waals surface area contributed by atoms with Crippen LogP contribution in [0, 0.1) is 0 Å². The van der Waals surface area contributed by atoms with Gasteiger partial charge in [0.2, 0.25) is 0 Å². The molecule has 5 N–H and O–H groups in total. The van der Waals surface area contributed by atoms with Crippen LogP contribution in [0.3, 0.4) is 0 Å². The highest BCUT2D eigenvalue weighted by atomic mass is 15.2. The second-order valence-electron chi connectivity index (χ2n) is 4.13. The van der Waals surface area contributed by atoms with Crippen molar-refractivity contribution < 1.29 is 0 Å². The van der Waals surface area contributed by atoms with Crippen molar-refractivity contribution in [2.75, 3.05) is 0 Å². The van der Waals surface area contributed by atoms with E-state index in [1.165, 1.54) is 0 Å². The first-order chi connectivity index (χ1) is 8.20. The molecule has 2 unspecified atom stereocenters. The van der Waals surface area contributed by atoms with Crippen molar-refractivity contribution in [2.24, 2.45) is 21.5 Å². The standard InChI is InChI=1S/C12H13N5/c13-11-12(14,17-6-5-16-11)9-1-2-10-8(7-9)3-4-15-10/h1-7,11,15H,13-14H2. The summed E-state index contributed by atoms with van der Waals surface area (Å²) in [6.07, 6.45) is 4.50. The Morgan fingerprint density at radius 3 is 2.94 bits per heavy atom. The predicted molar refractivity (Wildman–Crippen MR) is 69.1 cm³/mol. The predicted octanol–water partition coefficient (Wildman–Crippen LogP) is 0.719. The fraction of sp³-hybridized carbons (Fsp3) is 0.167. The van der Waals surface area contributed by atoms with Gasteiger partial charge in [-0.2, -0.15) is 0 Å². The quantitative estimate of drug-likeness (QED) is 0.669. The molecule has 0 bridgehead atoms. The average Bonchev–Trinajstić information content (AvgIpc) is 2.80. The third-order valence-corrected chi connectivity index (χ3v) is 3.07. The zero-order valence-electron chi connectivity index (χ0n) is 9.17. The SMILES string of the molecule is NC1N=CC=NC1(N)c1ccc2[nH]ccc2c1. The first-order valence-corrected chi connectivity index (χ1v) is 5.39. The summed E-state index contributed by atoms with van der Waals surface area (Å²) in [5.41, 5.74) is 13.1. The fourth-order valence-electron chi connectivity index (χ4n) is 2.03. The number of H-pyrrole nitrogens is 1. The monoisotopic (exact) mass is 227 g/mol. The topological polar surface area (TPSA) is 92.5 Å².